The van der Waals surface area contributed by atoms with Gasteiger partial charge in [-0.1, -0.05) is 12.2 Å². The SMILES string of the molecule is N#CC1=NN=CC12C=CCC2. The number of hydrogen-bond acceptors (Lipinski definition) is 3. The van der Waals surface area contributed by atoms with E-state index < -0.39 is 0 Å². The van der Waals surface area contributed by atoms with Crippen LogP contribution in [0.5, 0.6) is 0 Å². The van der Waals surface area contributed by atoms with E-state index in [1.807, 2.05) is 6.08 Å². The molecule has 11 heavy (non-hydrogen) atoms. The molecule has 0 N–H and O–H groups in total. The van der Waals surface area contributed by atoms with Gasteiger partial charge in [0.25, 0.3) is 0 Å². The third kappa shape index (κ3) is 0.726. The molecule has 1 unspecified atom stereocenters. The molecule has 0 bridgehead atoms. The molecule has 3 heteroatoms. The molecule has 0 fully saturated rings. The van der Waals surface area contributed by atoms with E-state index in [4.69, 9.17) is 5.26 Å². The predicted octanol–water partition coefficient (Wildman–Crippen LogP) is 1.29. The van der Waals surface area contributed by atoms with E-state index in [-0.39, 0.29) is 5.41 Å². The first-order chi connectivity index (χ1) is 5.37. The molecular weight excluding hydrogens is 138 g/mol. The second-order valence-corrected chi connectivity index (χ2v) is 2.79. The van der Waals surface area contributed by atoms with Crippen molar-refractivity contribution in [3.63, 3.8) is 0 Å². The van der Waals surface area contributed by atoms with Crippen molar-refractivity contribution in [1.29, 1.82) is 5.26 Å². The molecule has 0 aromatic carbocycles. The lowest BCUT2D eigenvalue weighted by Gasteiger charge is -2.13. The Balaban J connectivity index is 2.41. The molecule has 2 rings (SSSR count). The van der Waals surface area contributed by atoms with Gasteiger partial charge in [0.15, 0.2) is 5.71 Å². The Hall–Kier alpha value is -1.43. The van der Waals surface area contributed by atoms with Crippen LogP contribution in [-0.2, 0) is 0 Å². The first-order valence-electron chi connectivity index (χ1n) is 3.58. The van der Waals surface area contributed by atoms with E-state index >= 15 is 0 Å². The highest BCUT2D eigenvalue weighted by Gasteiger charge is 2.36. The van der Waals surface area contributed by atoms with Crippen LogP contribution in [-0.4, -0.2) is 11.9 Å². The first kappa shape index (κ1) is 6.29. The maximum absolute atomic E-state index is 8.70. The zero-order chi connectivity index (χ0) is 7.73. The molecule has 0 radical (unpaired) electrons. The average Bonchev–Trinajstić information content (AvgIpc) is 2.62. The lowest BCUT2D eigenvalue weighted by molar-refractivity contribution is 0.722. The van der Waals surface area contributed by atoms with E-state index in [1.54, 1.807) is 6.21 Å². The molecule has 1 aliphatic carbocycles. The van der Waals surface area contributed by atoms with Gasteiger partial charge in [-0.15, -0.1) is 5.10 Å². The van der Waals surface area contributed by atoms with Crippen LogP contribution in [0.2, 0.25) is 0 Å². The van der Waals surface area contributed by atoms with Crippen LogP contribution in [0.15, 0.2) is 22.4 Å². The third-order valence-corrected chi connectivity index (χ3v) is 2.13. The predicted molar refractivity (Wildman–Crippen MR) is 42.3 cm³/mol. The Morgan fingerprint density at radius 2 is 2.55 bits per heavy atom. The maximum atomic E-state index is 8.70. The Kier molecular flexibility index (Phi) is 1.16. The Morgan fingerprint density at radius 1 is 1.64 bits per heavy atom. The normalized spacial score (nSPS) is 32.8. The molecule has 0 saturated carbocycles. The van der Waals surface area contributed by atoms with Crippen molar-refractivity contribution in [2.45, 2.75) is 12.8 Å². The minimum absolute atomic E-state index is 0.227. The molecule has 1 aliphatic heterocycles. The van der Waals surface area contributed by atoms with Crippen LogP contribution in [0.1, 0.15) is 12.8 Å². The summed E-state index contributed by atoms with van der Waals surface area (Å²) in [6.45, 7) is 0. The van der Waals surface area contributed by atoms with Gasteiger partial charge in [0.2, 0.25) is 0 Å². The Bertz CT molecular complexity index is 306. The highest BCUT2D eigenvalue weighted by atomic mass is 15.2. The Labute approximate surface area is 64.7 Å². The summed E-state index contributed by atoms with van der Waals surface area (Å²) in [4.78, 5) is 0. The maximum Gasteiger partial charge on any atom is 0.155 e. The van der Waals surface area contributed by atoms with Gasteiger partial charge in [0.05, 0.1) is 5.41 Å². The van der Waals surface area contributed by atoms with Crippen molar-refractivity contribution in [1.82, 2.24) is 0 Å². The molecule has 1 atom stereocenters. The van der Waals surface area contributed by atoms with Gasteiger partial charge < -0.3 is 0 Å². The standard InChI is InChI=1S/C8H7N3/c9-5-7-8(6-10-11-7)3-1-2-4-8/h1,3,6H,2,4H2. The summed E-state index contributed by atoms with van der Waals surface area (Å²) in [5.41, 5.74) is 0.306. The van der Waals surface area contributed by atoms with Crippen molar-refractivity contribution in [3.8, 4) is 6.07 Å². The van der Waals surface area contributed by atoms with Crippen molar-refractivity contribution in [3.05, 3.63) is 12.2 Å². The molecule has 2 aliphatic rings. The molecule has 1 spiro atoms. The number of rotatable bonds is 0. The average molecular weight is 145 g/mol. The van der Waals surface area contributed by atoms with Crippen LogP contribution < -0.4 is 0 Å². The number of hydrogen-bond donors (Lipinski definition) is 0. The van der Waals surface area contributed by atoms with Gasteiger partial charge >= 0.3 is 0 Å². The summed E-state index contributed by atoms with van der Waals surface area (Å²) in [6.07, 6.45) is 7.82. The van der Waals surface area contributed by atoms with Crippen LogP contribution in [0.3, 0.4) is 0 Å². The summed E-state index contributed by atoms with van der Waals surface area (Å²) in [5, 5.41) is 16.2. The Morgan fingerprint density at radius 3 is 3.18 bits per heavy atom. The lowest BCUT2D eigenvalue weighted by Crippen LogP contribution is -2.24. The van der Waals surface area contributed by atoms with Gasteiger partial charge in [0, 0.05) is 6.21 Å². The zero-order valence-corrected chi connectivity index (χ0v) is 5.99. The fourth-order valence-electron chi connectivity index (χ4n) is 1.47. The number of nitriles is 1. The van der Waals surface area contributed by atoms with E-state index in [0.29, 0.717) is 5.71 Å². The monoisotopic (exact) mass is 145 g/mol. The van der Waals surface area contributed by atoms with Crippen LogP contribution in [0, 0.1) is 16.7 Å². The first-order valence-corrected chi connectivity index (χ1v) is 3.58. The molecular formula is C8H7N3. The highest BCUT2D eigenvalue weighted by molar-refractivity contribution is 6.16. The van der Waals surface area contributed by atoms with Crippen LogP contribution in [0.4, 0.5) is 0 Å². The summed E-state index contributed by atoms with van der Waals surface area (Å²) >= 11 is 0. The second kappa shape index (κ2) is 2.03. The minimum atomic E-state index is -0.227. The van der Waals surface area contributed by atoms with E-state index in [1.165, 1.54) is 0 Å². The molecule has 54 valence electrons. The van der Waals surface area contributed by atoms with Crippen LogP contribution in [0.25, 0.3) is 0 Å². The third-order valence-electron chi connectivity index (χ3n) is 2.13. The second-order valence-electron chi connectivity index (χ2n) is 2.79. The van der Waals surface area contributed by atoms with Crippen molar-refractivity contribution in [2.24, 2.45) is 15.6 Å². The molecule has 0 saturated heterocycles. The largest absolute Gasteiger partial charge is 0.191 e. The highest BCUT2D eigenvalue weighted by Crippen LogP contribution is 2.34. The summed E-state index contributed by atoms with van der Waals surface area (Å²) < 4.78 is 0. The van der Waals surface area contributed by atoms with Gasteiger partial charge in [-0.05, 0) is 12.8 Å². The lowest BCUT2D eigenvalue weighted by atomic mass is 9.85. The quantitative estimate of drug-likeness (QED) is 0.474. The zero-order valence-electron chi connectivity index (χ0n) is 5.99. The smallest absolute Gasteiger partial charge is 0.155 e. The molecule has 1 heterocycles. The fraction of sp³-hybridized carbons (Fsp3) is 0.375. The number of allylic oxidation sites excluding steroid dienone is 2. The summed E-state index contributed by atoms with van der Waals surface area (Å²) in [7, 11) is 0. The van der Waals surface area contributed by atoms with E-state index in [0.717, 1.165) is 12.8 Å². The van der Waals surface area contributed by atoms with Gasteiger partial charge in [-0.3, -0.25) is 0 Å². The number of nitrogens with zero attached hydrogens (tertiary/aromatic N) is 3. The topological polar surface area (TPSA) is 48.5 Å². The van der Waals surface area contributed by atoms with E-state index in [9.17, 15) is 0 Å². The fourth-order valence-corrected chi connectivity index (χ4v) is 1.47. The summed E-state index contributed by atoms with van der Waals surface area (Å²) in [5.74, 6) is 0. The van der Waals surface area contributed by atoms with Crippen LogP contribution >= 0.6 is 0 Å². The van der Waals surface area contributed by atoms with Gasteiger partial charge in [0.1, 0.15) is 6.07 Å². The molecule has 3 nitrogen and oxygen atoms in total. The van der Waals surface area contributed by atoms with Crippen molar-refractivity contribution in [2.75, 3.05) is 0 Å². The van der Waals surface area contributed by atoms with E-state index in [2.05, 4.69) is 22.3 Å². The molecule has 0 aromatic heterocycles. The van der Waals surface area contributed by atoms with Gasteiger partial charge in [-0.2, -0.15) is 10.4 Å². The summed E-state index contributed by atoms with van der Waals surface area (Å²) in [6, 6.07) is 2.07. The molecule has 0 amide bonds. The molecule has 0 aromatic rings. The van der Waals surface area contributed by atoms with Gasteiger partial charge in [-0.25, -0.2) is 0 Å². The minimum Gasteiger partial charge on any atom is -0.191 e. The van der Waals surface area contributed by atoms with Crippen molar-refractivity contribution >= 4 is 11.9 Å². The van der Waals surface area contributed by atoms with Crippen molar-refractivity contribution < 1.29 is 0 Å².